The summed E-state index contributed by atoms with van der Waals surface area (Å²) in [5.74, 6) is -0.0227. The van der Waals surface area contributed by atoms with Crippen LogP contribution in [0.25, 0.3) is 0 Å². The lowest BCUT2D eigenvalue weighted by Gasteiger charge is -2.15. The number of hydrogen-bond acceptors (Lipinski definition) is 3. The van der Waals surface area contributed by atoms with Crippen LogP contribution in [0.2, 0.25) is 0 Å². The van der Waals surface area contributed by atoms with Crippen molar-refractivity contribution in [2.24, 2.45) is 0 Å². The van der Waals surface area contributed by atoms with Gasteiger partial charge in [0.2, 0.25) is 0 Å². The van der Waals surface area contributed by atoms with Gasteiger partial charge < -0.3 is 14.2 Å². The molecule has 1 aromatic rings. The van der Waals surface area contributed by atoms with Crippen molar-refractivity contribution in [1.29, 1.82) is 0 Å². The summed E-state index contributed by atoms with van der Waals surface area (Å²) in [5, 5.41) is 0.724. The molecule has 0 aliphatic rings. The molecule has 0 radical (unpaired) electrons. The highest BCUT2D eigenvalue weighted by Gasteiger charge is 2.13. The normalized spacial score (nSPS) is 12.6. The molecular weight excluding hydrogens is 327 g/mol. The van der Waals surface area contributed by atoms with E-state index in [4.69, 9.17) is 14.2 Å². The number of methoxy groups -OCH3 is 1. The Morgan fingerprint density at radius 1 is 1.05 bits per heavy atom. The van der Waals surface area contributed by atoms with Gasteiger partial charge in [-0.1, -0.05) is 34.1 Å². The lowest BCUT2D eigenvalue weighted by molar-refractivity contribution is 0.0235. The van der Waals surface area contributed by atoms with Gasteiger partial charge in [-0.2, -0.15) is 0 Å². The Balaban J connectivity index is 2.18. The number of alkyl halides is 1. The molecule has 1 rings (SSSR count). The van der Waals surface area contributed by atoms with Gasteiger partial charge in [0.25, 0.3) is 0 Å². The number of hydrogen-bond donors (Lipinski definition) is 0. The molecule has 1 unspecified atom stereocenters. The average molecular weight is 349 g/mol. The van der Waals surface area contributed by atoms with Crippen LogP contribution in [0.4, 0.5) is 4.39 Å². The molecule has 0 aromatic heterocycles. The highest BCUT2D eigenvalue weighted by Crippen LogP contribution is 2.24. The molecule has 0 spiro atoms. The summed E-state index contributed by atoms with van der Waals surface area (Å²) in [5.41, 5.74) is 0.740. The second kappa shape index (κ2) is 11.2. The average Bonchev–Trinajstić information content (AvgIpc) is 2.47. The summed E-state index contributed by atoms with van der Waals surface area (Å²) in [6.07, 6.45) is 0.782. The van der Waals surface area contributed by atoms with Crippen molar-refractivity contribution in [2.75, 3.05) is 45.5 Å². The van der Waals surface area contributed by atoms with Crippen LogP contribution < -0.4 is 0 Å². The second-order valence-electron chi connectivity index (χ2n) is 4.38. The van der Waals surface area contributed by atoms with Gasteiger partial charge in [0.05, 0.1) is 26.4 Å². The summed E-state index contributed by atoms with van der Waals surface area (Å²) in [7, 11) is 1.64. The number of ether oxygens (including phenoxy) is 3. The lowest BCUT2D eigenvalue weighted by Crippen LogP contribution is -2.11. The highest BCUT2D eigenvalue weighted by atomic mass is 79.9. The van der Waals surface area contributed by atoms with Crippen molar-refractivity contribution in [3.05, 3.63) is 35.6 Å². The summed E-state index contributed by atoms with van der Waals surface area (Å²) in [4.78, 5) is 0. The van der Waals surface area contributed by atoms with Gasteiger partial charge in [-0.25, -0.2) is 4.39 Å². The third kappa shape index (κ3) is 6.79. The van der Waals surface area contributed by atoms with Crippen LogP contribution in [0, 0.1) is 5.82 Å². The third-order valence-electron chi connectivity index (χ3n) is 2.95. The first-order chi connectivity index (χ1) is 9.79. The SMILES string of the molecule is COCCOCCOCCC(CBr)c1ccccc1F. The fourth-order valence-electron chi connectivity index (χ4n) is 1.81. The Hall–Kier alpha value is -0.490. The zero-order valence-electron chi connectivity index (χ0n) is 11.8. The molecule has 0 fully saturated rings. The Labute approximate surface area is 128 Å². The molecule has 1 atom stereocenters. The van der Waals surface area contributed by atoms with Gasteiger partial charge in [-0.05, 0) is 24.0 Å². The van der Waals surface area contributed by atoms with Crippen LogP contribution in [0.5, 0.6) is 0 Å². The monoisotopic (exact) mass is 348 g/mol. The van der Waals surface area contributed by atoms with E-state index in [1.807, 2.05) is 12.1 Å². The van der Waals surface area contributed by atoms with E-state index in [2.05, 4.69) is 15.9 Å². The van der Waals surface area contributed by atoms with E-state index in [-0.39, 0.29) is 11.7 Å². The molecule has 0 saturated heterocycles. The predicted octanol–water partition coefficient (Wildman–Crippen LogP) is 3.37. The molecule has 0 N–H and O–H groups in total. The molecule has 114 valence electrons. The molecule has 5 heteroatoms. The maximum Gasteiger partial charge on any atom is 0.126 e. The van der Waals surface area contributed by atoms with Crippen molar-refractivity contribution < 1.29 is 18.6 Å². The molecule has 0 amide bonds. The highest BCUT2D eigenvalue weighted by molar-refractivity contribution is 9.09. The van der Waals surface area contributed by atoms with Crippen molar-refractivity contribution in [2.45, 2.75) is 12.3 Å². The van der Waals surface area contributed by atoms with Crippen LogP contribution in [0.1, 0.15) is 17.9 Å². The van der Waals surface area contributed by atoms with E-state index in [0.717, 1.165) is 17.3 Å². The van der Waals surface area contributed by atoms with Gasteiger partial charge >= 0.3 is 0 Å². The first-order valence-electron chi connectivity index (χ1n) is 6.74. The summed E-state index contributed by atoms with van der Waals surface area (Å²) in [6.45, 7) is 2.88. The first kappa shape index (κ1) is 17.6. The van der Waals surface area contributed by atoms with Crippen LogP contribution in [-0.4, -0.2) is 45.5 Å². The number of halogens is 2. The molecule has 0 aliphatic carbocycles. The quantitative estimate of drug-likeness (QED) is 0.453. The number of rotatable bonds is 11. The number of benzene rings is 1. The zero-order valence-corrected chi connectivity index (χ0v) is 13.4. The Kier molecular flexibility index (Phi) is 9.83. The standard InChI is InChI=1S/C15H22BrFO3/c1-18-8-9-20-11-10-19-7-6-13(12-16)14-4-2-3-5-15(14)17/h2-5,13H,6-12H2,1H3. The van der Waals surface area contributed by atoms with Gasteiger partial charge in [0, 0.05) is 19.0 Å². The second-order valence-corrected chi connectivity index (χ2v) is 5.03. The fraction of sp³-hybridized carbons (Fsp3) is 0.600. The van der Waals surface area contributed by atoms with Crippen molar-refractivity contribution in [1.82, 2.24) is 0 Å². The molecule has 0 heterocycles. The third-order valence-corrected chi connectivity index (χ3v) is 3.73. The van der Waals surface area contributed by atoms with Crippen molar-refractivity contribution in [3.63, 3.8) is 0 Å². The van der Waals surface area contributed by atoms with E-state index in [1.165, 1.54) is 6.07 Å². The smallest absolute Gasteiger partial charge is 0.126 e. The van der Waals surface area contributed by atoms with Crippen LogP contribution in [-0.2, 0) is 14.2 Å². The molecule has 0 saturated carbocycles. The van der Waals surface area contributed by atoms with Crippen LogP contribution in [0.15, 0.2) is 24.3 Å². The minimum absolute atomic E-state index is 0.130. The Morgan fingerprint density at radius 3 is 2.35 bits per heavy atom. The molecule has 20 heavy (non-hydrogen) atoms. The van der Waals surface area contributed by atoms with Crippen LogP contribution >= 0.6 is 15.9 Å². The van der Waals surface area contributed by atoms with Gasteiger partial charge in [-0.3, -0.25) is 0 Å². The summed E-state index contributed by atoms with van der Waals surface area (Å²) < 4.78 is 29.3. The molecule has 0 aliphatic heterocycles. The van der Waals surface area contributed by atoms with Gasteiger partial charge in [0.1, 0.15) is 5.82 Å². The van der Waals surface area contributed by atoms with Gasteiger partial charge in [0.15, 0.2) is 0 Å². The fourth-order valence-corrected chi connectivity index (χ4v) is 2.48. The molecular formula is C15H22BrFO3. The topological polar surface area (TPSA) is 27.7 Å². The zero-order chi connectivity index (χ0) is 14.6. The van der Waals surface area contributed by atoms with E-state index in [9.17, 15) is 4.39 Å². The van der Waals surface area contributed by atoms with Crippen molar-refractivity contribution >= 4 is 15.9 Å². The van der Waals surface area contributed by atoms with Crippen LogP contribution in [0.3, 0.4) is 0 Å². The summed E-state index contributed by atoms with van der Waals surface area (Å²) in [6, 6.07) is 6.89. The summed E-state index contributed by atoms with van der Waals surface area (Å²) >= 11 is 3.44. The van der Waals surface area contributed by atoms with E-state index >= 15 is 0 Å². The lowest BCUT2D eigenvalue weighted by atomic mass is 9.98. The molecule has 1 aromatic carbocycles. The predicted molar refractivity (Wildman–Crippen MR) is 81.1 cm³/mol. The molecule has 0 bridgehead atoms. The van der Waals surface area contributed by atoms with E-state index < -0.39 is 0 Å². The molecule has 3 nitrogen and oxygen atoms in total. The van der Waals surface area contributed by atoms with Gasteiger partial charge in [-0.15, -0.1) is 0 Å². The first-order valence-corrected chi connectivity index (χ1v) is 7.86. The Bertz CT molecular complexity index is 363. The maximum atomic E-state index is 13.7. The van der Waals surface area contributed by atoms with E-state index in [0.29, 0.717) is 33.0 Å². The Morgan fingerprint density at radius 2 is 1.70 bits per heavy atom. The van der Waals surface area contributed by atoms with E-state index in [1.54, 1.807) is 13.2 Å². The minimum Gasteiger partial charge on any atom is -0.382 e. The maximum absolute atomic E-state index is 13.7. The largest absolute Gasteiger partial charge is 0.382 e. The minimum atomic E-state index is -0.153. The van der Waals surface area contributed by atoms with Crippen molar-refractivity contribution in [3.8, 4) is 0 Å².